The molecule has 0 unspecified atom stereocenters. The zero-order valence-electron chi connectivity index (χ0n) is 15.5. The second-order valence-corrected chi connectivity index (χ2v) is 7.34. The summed E-state index contributed by atoms with van der Waals surface area (Å²) in [5, 5.41) is 10.4. The number of carbonyl (C=O) groups excluding carboxylic acids is 2. The summed E-state index contributed by atoms with van der Waals surface area (Å²) in [5.74, 6) is -0.784. The maximum absolute atomic E-state index is 12.9. The highest BCUT2D eigenvalue weighted by Crippen LogP contribution is 2.34. The van der Waals surface area contributed by atoms with Crippen LogP contribution in [0.1, 0.15) is 81.5 Å². The van der Waals surface area contributed by atoms with Crippen molar-refractivity contribution >= 4 is 11.6 Å². The number of carbonyl (C=O) groups is 2. The summed E-state index contributed by atoms with van der Waals surface area (Å²) >= 11 is 0. The molecule has 0 aliphatic heterocycles. The van der Waals surface area contributed by atoms with Crippen molar-refractivity contribution in [3.8, 4) is 0 Å². The van der Waals surface area contributed by atoms with Gasteiger partial charge >= 0.3 is 0 Å². The Bertz CT molecular complexity index is 537. The van der Waals surface area contributed by atoms with Crippen LogP contribution in [0.5, 0.6) is 0 Å². The van der Waals surface area contributed by atoms with E-state index in [1.807, 2.05) is 18.2 Å². The van der Waals surface area contributed by atoms with Gasteiger partial charge < -0.3 is 5.11 Å². The Morgan fingerprint density at radius 1 is 1.00 bits per heavy atom. The van der Waals surface area contributed by atoms with Crippen LogP contribution in [0.4, 0.5) is 0 Å². The first-order valence-electron chi connectivity index (χ1n) is 9.95. The van der Waals surface area contributed by atoms with E-state index in [4.69, 9.17) is 0 Å². The van der Waals surface area contributed by atoms with Crippen molar-refractivity contribution in [2.75, 3.05) is 0 Å². The summed E-state index contributed by atoms with van der Waals surface area (Å²) < 4.78 is 0. The molecule has 0 bridgehead atoms. The molecule has 1 N–H and O–H groups in total. The Morgan fingerprint density at radius 2 is 1.68 bits per heavy atom. The molecule has 1 fully saturated rings. The number of hydrogen-bond acceptors (Lipinski definition) is 3. The highest BCUT2D eigenvalue weighted by atomic mass is 16.3. The molecule has 1 aromatic rings. The van der Waals surface area contributed by atoms with Gasteiger partial charge in [0.1, 0.15) is 5.78 Å². The zero-order valence-corrected chi connectivity index (χ0v) is 15.5. The average Bonchev–Trinajstić information content (AvgIpc) is 2.64. The van der Waals surface area contributed by atoms with E-state index in [9.17, 15) is 14.7 Å². The number of rotatable bonds is 10. The maximum atomic E-state index is 12.9. The van der Waals surface area contributed by atoms with Gasteiger partial charge in [0.2, 0.25) is 0 Å². The van der Waals surface area contributed by atoms with E-state index < -0.39 is 12.0 Å². The quantitative estimate of drug-likeness (QED) is 0.482. The van der Waals surface area contributed by atoms with E-state index in [-0.39, 0.29) is 17.5 Å². The van der Waals surface area contributed by atoms with Crippen LogP contribution in [-0.4, -0.2) is 22.8 Å². The fraction of sp³-hybridized carbons (Fsp3) is 0.636. The largest absolute Gasteiger partial charge is 0.392 e. The number of unbranched alkanes of at least 4 members (excludes halogenated alkanes) is 5. The molecular weight excluding hydrogens is 312 g/mol. The third kappa shape index (κ3) is 5.78. The summed E-state index contributed by atoms with van der Waals surface area (Å²) in [6.45, 7) is 2.20. The van der Waals surface area contributed by atoms with Gasteiger partial charge in [0, 0.05) is 17.9 Å². The monoisotopic (exact) mass is 344 g/mol. The van der Waals surface area contributed by atoms with Gasteiger partial charge in [0.05, 0.1) is 12.0 Å². The van der Waals surface area contributed by atoms with Crippen LogP contribution in [0, 0.1) is 11.8 Å². The number of hydrogen-bond donors (Lipinski definition) is 1. The normalized spacial score (nSPS) is 23.4. The minimum absolute atomic E-state index is 0.0749. The van der Waals surface area contributed by atoms with Crippen LogP contribution in [0.25, 0.3) is 0 Å². The first-order chi connectivity index (χ1) is 12.1. The molecule has 25 heavy (non-hydrogen) atoms. The third-order valence-electron chi connectivity index (χ3n) is 5.41. The smallest absolute Gasteiger partial charge is 0.169 e. The molecule has 3 heteroatoms. The molecule has 3 atom stereocenters. The number of Topliss-reactive ketones (excluding diaryl/α,β-unsaturated/α-hetero) is 2. The Hall–Kier alpha value is -1.48. The summed E-state index contributed by atoms with van der Waals surface area (Å²) in [5.41, 5.74) is 0.603. The van der Waals surface area contributed by atoms with Gasteiger partial charge in [-0.3, -0.25) is 9.59 Å². The number of ketones is 2. The summed E-state index contributed by atoms with van der Waals surface area (Å²) in [6, 6.07) is 9.08. The molecule has 1 aliphatic rings. The van der Waals surface area contributed by atoms with Crippen LogP contribution < -0.4 is 0 Å². The van der Waals surface area contributed by atoms with Crippen molar-refractivity contribution in [2.45, 2.75) is 77.2 Å². The Morgan fingerprint density at radius 3 is 2.40 bits per heavy atom. The Balaban J connectivity index is 1.94. The standard InChI is InChI=1S/C22H32O3/c1-2-3-4-5-6-10-15-19(23)18-14-11-16-20(24)21(18)22(25)17-12-8-7-9-13-17/h7-9,12-13,18,20-21,24H,2-6,10-11,14-16H2,1H3/t18-,20+,21-/m0/s1. The van der Waals surface area contributed by atoms with Crippen molar-refractivity contribution in [3.63, 3.8) is 0 Å². The van der Waals surface area contributed by atoms with Gasteiger partial charge in [-0.1, -0.05) is 75.8 Å². The molecule has 3 nitrogen and oxygen atoms in total. The average molecular weight is 344 g/mol. The fourth-order valence-electron chi connectivity index (χ4n) is 3.95. The van der Waals surface area contributed by atoms with E-state index in [1.165, 1.54) is 25.7 Å². The first-order valence-corrected chi connectivity index (χ1v) is 9.95. The number of aliphatic hydroxyl groups is 1. The van der Waals surface area contributed by atoms with E-state index in [0.717, 1.165) is 25.7 Å². The first kappa shape index (κ1) is 19.8. The molecule has 0 spiro atoms. The van der Waals surface area contributed by atoms with E-state index in [0.29, 0.717) is 18.4 Å². The highest BCUT2D eigenvalue weighted by Gasteiger charge is 2.40. The van der Waals surface area contributed by atoms with E-state index in [2.05, 4.69) is 6.92 Å². The third-order valence-corrected chi connectivity index (χ3v) is 5.41. The summed E-state index contributed by atoms with van der Waals surface area (Å²) in [7, 11) is 0. The fourth-order valence-corrected chi connectivity index (χ4v) is 3.95. The van der Waals surface area contributed by atoms with Crippen LogP contribution >= 0.6 is 0 Å². The van der Waals surface area contributed by atoms with Crippen molar-refractivity contribution in [3.05, 3.63) is 35.9 Å². The second kappa shape index (κ2) is 10.5. The zero-order chi connectivity index (χ0) is 18.1. The molecule has 0 radical (unpaired) electrons. The predicted octanol–water partition coefficient (Wildman–Crippen LogP) is 4.97. The van der Waals surface area contributed by atoms with Crippen LogP contribution in [0.2, 0.25) is 0 Å². The second-order valence-electron chi connectivity index (χ2n) is 7.34. The van der Waals surface area contributed by atoms with Gasteiger partial charge in [-0.15, -0.1) is 0 Å². The minimum atomic E-state index is -0.694. The SMILES string of the molecule is CCCCCCCCC(=O)[C@@H]1CCC[C@@H](O)[C@H]1C(=O)c1ccccc1. The van der Waals surface area contributed by atoms with E-state index >= 15 is 0 Å². The van der Waals surface area contributed by atoms with Gasteiger partial charge in [-0.05, 0) is 19.3 Å². The molecule has 1 aliphatic carbocycles. The molecular formula is C22H32O3. The van der Waals surface area contributed by atoms with Crippen molar-refractivity contribution in [1.29, 1.82) is 0 Å². The van der Waals surface area contributed by atoms with Crippen molar-refractivity contribution in [1.82, 2.24) is 0 Å². The molecule has 0 amide bonds. The predicted molar refractivity (Wildman–Crippen MR) is 101 cm³/mol. The van der Waals surface area contributed by atoms with Crippen molar-refractivity contribution in [2.24, 2.45) is 11.8 Å². The lowest BCUT2D eigenvalue weighted by Crippen LogP contribution is -2.41. The van der Waals surface area contributed by atoms with Crippen LogP contribution in [0.15, 0.2) is 30.3 Å². The Kier molecular flexibility index (Phi) is 8.33. The molecule has 0 heterocycles. The van der Waals surface area contributed by atoms with E-state index in [1.54, 1.807) is 12.1 Å². The van der Waals surface area contributed by atoms with Crippen LogP contribution in [-0.2, 0) is 4.79 Å². The van der Waals surface area contributed by atoms with Gasteiger partial charge in [0.25, 0.3) is 0 Å². The van der Waals surface area contributed by atoms with Crippen molar-refractivity contribution < 1.29 is 14.7 Å². The summed E-state index contributed by atoms with van der Waals surface area (Å²) in [6.07, 6.45) is 8.91. The lowest BCUT2D eigenvalue weighted by Gasteiger charge is -2.33. The lowest BCUT2D eigenvalue weighted by atomic mass is 9.71. The maximum Gasteiger partial charge on any atom is 0.169 e. The molecule has 1 aromatic carbocycles. The molecule has 2 rings (SSSR count). The van der Waals surface area contributed by atoms with Gasteiger partial charge in [0.15, 0.2) is 5.78 Å². The van der Waals surface area contributed by atoms with Crippen LogP contribution in [0.3, 0.4) is 0 Å². The molecule has 0 saturated heterocycles. The molecule has 1 saturated carbocycles. The number of aliphatic hydroxyl groups excluding tert-OH is 1. The number of benzene rings is 1. The summed E-state index contributed by atoms with van der Waals surface area (Å²) in [4.78, 5) is 25.6. The highest BCUT2D eigenvalue weighted by molar-refractivity contribution is 6.01. The van der Waals surface area contributed by atoms with Gasteiger partial charge in [-0.25, -0.2) is 0 Å². The minimum Gasteiger partial charge on any atom is -0.392 e. The van der Waals surface area contributed by atoms with Gasteiger partial charge in [-0.2, -0.15) is 0 Å². The molecule has 0 aromatic heterocycles. The molecule has 138 valence electrons. The topological polar surface area (TPSA) is 54.4 Å². The lowest BCUT2D eigenvalue weighted by molar-refractivity contribution is -0.127. The Labute approximate surface area is 151 Å².